The fraction of sp³-hybridized carbons (Fsp3) is 0.542. The minimum atomic E-state index is -4.47. The molecule has 2 aromatic rings. The van der Waals surface area contributed by atoms with Crippen molar-refractivity contribution < 1.29 is 22.8 Å². The molecule has 0 aromatic carbocycles. The van der Waals surface area contributed by atoms with E-state index < -0.39 is 29.1 Å². The summed E-state index contributed by atoms with van der Waals surface area (Å²) in [5.74, 6) is 0.149. The average molecular weight is 495 g/mol. The first-order valence-electron chi connectivity index (χ1n) is 11.5. The summed E-state index contributed by atoms with van der Waals surface area (Å²) in [5.41, 5.74) is -0.558. The molecule has 4 rings (SSSR count). The number of hydrogen-bond acceptors (Lipinski definition) is 7. The molecule has 184 valence electrons. The summed E-state index contributed by atoms with van der Waals surface area (Å²) in [5, 5.41) is 4.87. The minimum absolute atomic E-state index is 0.225. The Morgan fingerprint density at radius 2 is 2.00 bits per heavy atom. The van der Waals surface area contributed by atoms with E-state index in [1.54, 1.807) is 11.1 Å². The van der Waals surface area contributed by atoms with Crippen LogP contribution in [0.3, 0.4) is 0 Å². The lowest BCUT2D eigenvalue weighted by molar-refractivity contribution is -0.137. The third-order valence-corrected chi connectivity index (χ3v) is 7.82. The van der Waals surface area contributed by atoms with E-state index in [-0.39, 0.29) is 13.0 Å². The third-order valence-electron chi connectivity index (χ3n) is 6.86. The summed E-state index contributed by atoms with van der Waals surface area (Å²) in [6.45, 7) is 4.38. The molecule has 1 atom stereocenters. The number of pyridine rings is 1. The number of carbonyl (C=O) groups excluding carboxylic acids is 2. The van der Waals surface area contributed by atoms with E-state index in [0.717, 1.165) is 47.0 Å². The van der Waals surface area contributed by atoms with Crippen LogP contribution in [0.2, 0.25) is 0 Å². The van der Waals surface area contributed by atoms with E-state index in [9.17, 15) is 22.8 Å². The van der Waals surface area contributed by atoms with Crippen molar-refractivity contribution in [1.29, 1.82) is 0 Å². The number of thiophene rings is 1. The van der Waals surface area contributed by atoms with Gasteiger partial charge in [-0.3, -0.25) is 14.5 Å². The zero-order valence-corrected chi connectivity index (χ0v) is 20.1. The number of halogens is 3. The van der Waals surface area contributed by atoms with E-state index in [1.807, 2.05) is 30.9 Å². The summed E-state index contributed by atoms with van der Waals surface area (Å²) in [7, 11) is 0. The van der Waals surface area contributed by atoms with Crippen LogP contribution in [0.5, 0.6) is 0 Å². The Bertz CT molecular complexity index is 1030. The van der Waals surface area contributed by atoms with Crippen molar-refractivity contribution in [3.05, 3.63) is 40.9 Å². The van der Waals surface area contributed by atoms with Crippen LogP contribution in [0.25, 0.3) is 0 Å². The number of Topliss-reactive ketones (excluding diaryl/α,β-unsaturated/α-hetero) is 1. The number of ketones is 1. The molecule has 1 aliphatic carbocycles. The predicted molar refractivity (Wildman–Crippen MR) is 126 cm³/mol. The Kier molecular flexibility index (Phi) is 7.00. The molecule has 1 saturated heterocycles. The van der Waals surface area contributed by atoms with Gasteiger partial charge in [0.1, 0.15) is 11.9 Å². The second-order valence-corrected chi connectivity index (χ2v) is 10.5. The standard InChI is InChI=1S/C24H29F3N4O2S/c1-23(2)22(19(33)13-32)31(21-11-17(14-34-21)24(25,26)27)15-30(23)12-16-8-9-28-20(10-16)29-18-6-4-3-5-7-18/h8-11,13-14,18,22H,3-7,12,15H2,1-2H3,(H,28,29). The maximum atomic E-state index is 13.2. The van der Waals surface area contributed by atoms with Crippen molar-refractivity contribution in [3.8, 4) is 0 Å². The Labute approximate surface area is 201 Å². The molecule has 0 bridgehead atoms. The molecule has 1 unspecified atom stereocenters. The molecule has 1 N–H and O–H groups in total. The first-order chi connectivity index (χ1) is 16.1. The number of hydrogen-bond donors (Lipinski definition) is 1. The number of anilines is 2. The molecule has 0 amide bonds. The number of nitrogens with one attached hydrogen (secondary N) is 1. The van der Waals surface area contributed by atoms with Crippen LogP contribution in [0.15, 0.2) is 29.8 Å². The maximum Gasteiger partial charge on any atom is 0.417 e. The van der Waals surface area contributed by atoms with Gasteiger partial charge < -0.3 is 10.2 Å². The van der Waals surface area contributed by atoms with Crippen molar-refractivity contribution in [2.45, 2.75) is 76.3 Å². The lowest BCUT2D eigenvalue weighted by atomic mass is 9.91. The van der Waals surface area contributed by atoms with Gasteiger partial charge in [-0.15, -0.1) is 11.3 Å². The summed E-state index contributed by atoms with van der Waals surface area (Å²) in [6, 6.07) is 4.46. The topological polar surface area (TPSA) is 65.5 Å². The number of aromatic nitrogens is 1. The molecule has 2 aliphatic rings. The highest BCUT2D eigenvalue weighted by atomic mass is 32.1. The quantitative estimate of drug-likeness (QED) is 0.427. The molecule has 2 fully saturated rings. The highest BCUT2D eigenvalue weighted by molar-refractivity contribution is 7.14. The Balaban J connectivity index is 1.56. The third kappa shape index (κ3) is 5.12. The van der Waals surface area contributed by atoms with Gasteiger partial charge in [0.2, 0.25) is 5.78 Å². The van der Waals surface area contributed by atoms with Gasteiger partial charge in [-0.25, -0.2) is 4.98 Å². The Hall–Kier alpha value is -2.46. The van der Waals surface area contributed by atoms with Gasteiger partial charge in [0.15, 0.2) is 6.29 Å². The van der Waals surface area contributed by atoms with Crippen LogP contribution in [-0.4, -0.2) is 46.2 Å². The summed E-state index contributed by atoms with van der Waals surface area (Å²) in [4.78, 5) is 32.1. The fourth-order valence-corrected chi connectivity index (χ4v) is 5.91. The van der Waals surface area contributed by atoms with Crippen LogP contribution in [-0.2, 0) is 22.3 Å². The summed E-state index contributed by atoms with van der Waals surface area (Å²) < 4.78 is 39.5. The van der Waals surface area contributed by atoms with E-state index in [4.69, 9.17) is 0 Å². The zero-order chi connectivity index (χ0) is 24.5. The van der Waals surface area contributed by atoms with Gasteiger partial charge in [-0.2, -0.15) is 13.2 Å². The van der Waals surface area contributed by atoms with Gasteiger partial charge in [-0.1, -0.05) is 19.3 Å². The predicted octanol–water partition coefficient (Wildman–Crippen LogP) is 5.10. The van der Waals surface area contributed by atoms with E-state index >= 15 is 0 Å². The fourth-order valence-electron chi connectivity index (χ4n) is 4.97. The van der Waals surface area contributed by atoms with Crippen LogP contribution in [0, 0.1) is 0 Å². The minimum Gasteiger partial charge on any atom is -0.367 e. The highest BCUT2D eigenvalue weighted by Crippen LogP contribution is 2.42. The molecule has 10 heteroatoms. The van der Waals surface area contributed by atoms with E-state index in [0.29, 0.717) is 17.6 Å². The van der Waals surface area contributed by atoms with Crippen LogP contribution in [0.1, 0.15) is 57.1 Å². The van der Waals surface area contributed by atoms with Gasteiger partial charge in [0.25, 0.3) is 0 Å². The number of alkyl halides is 3. The van der Waals surface area contributed by atoms with Crippen LogP contribution in [0.4, 0.5) is 24.0 Å². The summed E-state index contributed by atoms with van der Waals surface area (Å²) in [6.07, 6.45) is 3.46. The molecule has 3 heterocycles. The van der Waals surface area contributed by atoms with Crippen LogP contribution >= 0.6 is 11.3 Å². The molecular weight excluding hydrogens is 465 g/mol. The monoisotopic (exact) mass is 494 g/mol. The lowest BCUT2D eigenvalue weighted by Crippen LogP contribution is -2.51. The molecule has 0 spiro atoms. The Morgan fingerprint density at radius 3 is 2.65 bits per heavy atom. The van der Waals surface area contributed by atoms with Crippen molar-refractivity contribution >= 4 is 34.2 Å². The van der Waals surface area contributed by atoms with Crippen molar-refractivity contribution in [3.63, 3.8) is 0 Å². The second kappa shape index (κ2) is 9.65. The van der Waals surface area contributed by atoms with E-state index in [2.05, 4.69) is 10.3 Å². The first kappa shape index (κ1) is 24.7. The second-order valence-electron chi connectivity index (χ2n) is 9.59. The molecule has 1 saturated carbocycles. The number of nitrogens with zero attached hydrogens (tertiary/aromatic N) is 3. The van der Waals surface area contributed by atoms with Gasteiger partial charge in [0, 0.05) is 29.7 Å². The molecule has 6 nitrogen and oxygen atoms in total. The zero-order valence-electron chi connectivity index (χ0n) is 19.3. The number of carbonyl (C=O) groups is 2. The lowest BCUT2D eigenvalue weighted by Gasteiger charge is -2.34. The first-order valence-corrected chi connectivity index (χ1v) is 12.4. The summed E-state index contributed by atoms with van der Waals surface area (Å²) >= 11 is 0.927. The molecule has 0 radical (unpaired) electrons. The van der Waals surface area contributed by atoms with Crippen LogP contribution < -0.4 is 10.2 Å². The largest absolute Gasteiger partial charge is 0.417 e. The van der Waals surface area contributed by atoms with Gasteiger partial charge in [-0.05, 0) is 50.5 Å². The maximum absolute atomic E-state index is 13.2. The molecule has 2 aromatic heterocycles. The van der Waals surface area contributed by atoms with Crippen molar-refractivity contribution in [1.82, 2.24) is 9.88 Å². The SMILES string of the molecule is CC1(C)C(C(=O)C=O)N(c2cc(C(F)(F)F)cs2)CN1Cc1ccnc(NC2CCCCC2)c1. The molecule has 34 heavy (non-hydrogen) atoms. The number of aldehydes is 1. The molecule has 1 aliphatic heterocycles. The smallest absolute Gasteiger partial charge is 0.367 e. The van der Waals surface area contributed by atoms with Crippen molar-refractivity contribution in [2.24, 2.45) is 0 Å². The van der Waals surface area contributed by atoms with Gasteiger partial charge >= 0.3 is 6.18 Å². The number of rotatable bonds is 7. The molecular formula is C24H29F3N4O2S. The van der Waals surface area contributed by atoms with Gasteiger partial charge in [0.05, 0.1) is 17.2 Å². The average Bonchev–Trinajstić information content (AvgIpc) is 3.38. The Morgan fingerprint density at radius 1 is 1.26 bits per heavy atom. The normalized spacial score (nSPS) is 21.6. The van der Waals surface area contributed by atoms with Crippen molar-refractivity contribution in [2.75, 3.05) is 16.9 Å². The highest BCUT2D eigenvalue weighted by Gasteiger charge is 2.50. The van der Waals surface area contributed by atoms with E-state index in [1.165, 1.54) is 19.3 Å².